The van der Waals surface area contributed by atoms with Crippen LogP contribution >= 0.6 is 0 Å². The number of hydrogen-bond acceptors (Lipinski definition) is 3. The van der Waals surface area contributed by atoms with Gasteiger partial charge in [0.05, 0.1) is 11.9 Å². The summed E-state index contributed by atoms with van der Waals surface area (Å²) in [4.78, 5) is 11.2. The third-order valence-electron chi connectivity index (χ3n) is 2.71. The third kappa shape index (κ3) is 3.53. The first kappa shape index (κ1) is 14.0. The standard InChI is InChI=1S/C13H14F2N4O/c1-16-13(20)8-19-7-11(6-18-19)17-5-9-4-10(14)2-3-12(9)15/h2-4,6-7,17H,5,8H2,1H3,(H,16,20). The first-order valence-corrected chi connectivity index (χ1v) is 5.99. The van der Waals surface area contributed by atoms with Gasteiger partial charge in [-0.25, -0.2) is 8.78 Å². The fourth-order valence-corrected chi connectivity index (χ4v) is 1.64. The summed E-state index contributed by atoms with van der Waals surface area (Å²) in [5.41, 5.74) is 0.849. The number of rotatable bonds is 5. The highest BCUT2D eigenvalue weighted by atomic mass is 19.1. The topological polar surface area (TPSA) is 59.0 Å². The lowest BCUT2D eigenvalue weighted by Gasteiger charge is -2.05. The van der Waals surface area contributed by atoms with Gasteiger partial charge in [0, 0.05) is 25.4 Å². The van der Waals surface area contributed by atoms with Crippen LogP contribution in [0.3, 0.4) is 0 Å². The molecule has 1 heterocycles. The summed E-state index contributed by atoms with van der Waals surface area (Å²) in [7, 11) is 1.54. The van der Waals surface area contributed by atoms with Crippen molar-refractivity contribution in [3.63, 3.8) is 0 Å². The highest BCUT2D eigenvalue weighted by Gasteiger charge is 2.06. The Labute approximate surface area is 114 Å². The van der Waals surface area contributed by atoms with E-state index >= 15 is 0 Å². The van der Waals surface area contributed by atoms with Gasteiger partial charge in [0.2, 0.25) is 5.91 Å². The molecule has 0 radical (unpaired) electrons. The molecule has 0 aliphatic rings. The van der Waals surface area contributed by atoms with Crippen LogP contribution in [-0.2, 0) is 17.9 Å². The van der Waals surface area contributed by atoms with Crippen LogP contribution in [0.1, 0.15) is 5.56 Å². The fourth-order valence-electron chi connectivity index (χ4n) is 1.64. The lowest BCUT2D eigenvalue weighted by atomic mass is 10.2. The Morgan fingerprint density at radius 3 is 2.95 bits per heavy atom. The van der Waals surface area contributed by atoms with Gasteiger partial charge in [-0.2, -0.15) is 5.10 Å². The lowest BCUT2D eigenvalue weighted by molar-refractivity contribution is -0.121. The Balaban J connectivity index is 1.97. The number of nitrogens with one attached hydrogen (secondary N) is 2. The number of halogens is 2. The summed E-state index contributed by atoms with van der Waals surface area (Å²) >= 11 is 0. The van der Waals surface area contributed by atoms with Crippen molar-refractivity contribution < 1.29 is 13.6 Å². The van der Waals surface area contributed by atoms with Gasteiger partial charge in [-0.1, -0.05) is 0 Å². The Morgan fingerprint density at radius 1 is 1.40 bits per heavy atom. The number of carbonyl (C=O) groups excluding carboxylic acids is 1. The smallest absolute Gasteiger partial charge is 0.241 e. The van der Waals surface area contributed by atoms with Crippen LogP contribution in [-0.4, -0.2) is 22.7 Å². The number of nitrogens with zero attached hydrogens (tertiary/aromatic N) is 2. The molecule has 0 saturated carbocycles. The molecule has 0 fully saturated rings. The molecule has 7 heteroatoms. The SMILES string of the molecule is CNC(=O)Cn1cc(NCc2cc(F)ccc2F)cn1. The monoisotopic (exact) mass is 280 g/mol. The van der Waals surface area contributed by atoms with Gasteiger partial charge in [0.25, 0.3) is 0 Å². The molecule has 1 aromatic heterocycles. The molecular weight excluding hydrogens is 266 g/mol. The average molecular weight is 280 g/mol. The second-order valence-corrected chi connectivity index (χ2v) is 4.19. The number of carbonyl (C=O) groups is 1. The summed E-state index contributed by atoms with van der Waals surface area (Å²) in [6, 6.07) is 3.29. The number of anilines is 1. The molecule has 0 aliphatic heterocycles. The molecule has 0 unspecified atom stereocenters. The number of aromatic nitrogens is 2. The van der Waals surface area contributed by atoms with Gasteiger partial charge in [-0.05, 0) is 18.2 Å². The van der Waals surface area contributed by atoms with Crippen molar-refractivity contribution in [3.8, 4) is 0 Å². The van der Waals surface area contributed by atoms with E-state index in [-0.39, 0.29) is 24.6 Å². The van der Waals surface area contributed by atoms with Crippen LogP contribution in [0.25, 0.3) is 0 Å². The van der Waals surface area contributed by atoms with Crippen molar-refractivity contribution in [1.82, 2.24) is 15.1 Å². The van der Waals surface area contributed by atoms with Gasteiger partial charge < -0.3 is 10.6 Å². The number of amides is 1. The predicted molar refractivity (Wildman–Crippen MR) is 70.0 cm³/mol. The Bertz CT molecular complexity index is 612. The maximum atomic E-state index is 13.4. The molecule has 2 rings (SSSR count). The summed E-state index contributed by atoms with van der Waals surface area (Å²) in [6.07, 6.45) is 3.13. The molecule has 5 nitrogen and oxygen atoms in total. The maximum Gasteiger partial charge on any atom is 0.241 e. The van der Waals surface area contributed by atoms with Gasteiger partial charge in [0.15, 0.2) is 0 Å². The largest absolute Gasteiger partial charge is 0.378 e. The molecule has 0 aliphatic carbocycles. The zero-order valence-corrected chi connectivity index (χ0v) is 10.9. The first-order chi connectivity index (χ1) is 9.58. The molecule has 0 spiro atoms. The molecule has 0 saturated heterocycles. The fraction of sp³-hybridized carbons (Fsp3) is 0.231. The molecule has 0 atom stereocenters. The zero-order valence-electron chi connectivity index (χ0n) is 10.9. The molecular formula is C13H14F2N4O. The summed E-state index contributed by atoms with van der Waals surface area (Å²) in [5.74, 6) is -1.13. The van der Waals surface area contributed by atoms with Gasteiger partial charge in [0.1, 0.15) is 18.2 Å². The second-order valence-electron chi connectivity index (χ2n) is 4.19. The summed E-state index contributed by atoms with van der Waals surface area (Å²) in [6.45, 7) is 0.238. The maximum absolute atomic E-state index is 13.4. The van der Waals surface area contributed by atoms with E-state index in [2.05, 4.69) is 15.7 Å². The lowest BCUT2D eigenvalue weighted by Crippen LogP contribution is -2.23. The summed E-state index contributed by atoms with van der Waals surface area (Å²) < 4.78 is 27.9. The summed E-state index contributed by atoms with van der Waals surface area (Å²) in [5, 5.41) is 9.38. The molecule has 0 bridgehead atoms. The van der Waals surface area contributed by atoms with E-state index in [9.17, 15) is 13.6 Å². The van der Waals surface area contributed by atoms with Crippen molar-refractivity contribution in [1.29, 1.82) is 0 Å². The minimum Gasteiger partial charge on any atom is -0.378 e. The molecule has 106 valence electrons. The van der Waals surface area contributed by atoms with E-state index in [1.54, 1.807) is 6.20 Å². The normalized spacial score (nSPS) is 10.3. The number of benzene rings is 1. The molecule has 2 N–H and O–H groups in total. The van der Waals surface area contributed by atoms with E-state index in [1.807, 2.05) is 0 Å². The van der Waals surface area contributed by atoms with E-state index < -0.39 is 11.6 Å². The Morgan fingerprint density at radius 2 is 2.20 bits per heavy atom. The van der Waals surface area contributed by atoms with Crippen molar-refractivity contribution >= 4 is 11.6 Å². The van der Waals surface area contributed by atoms with Crippen LogP contribution in [0.5, 0.6) is 0 Å². The molecule has 20 heavy (non-hydrogen) atoms. The second kappa shape index (κ2) is 6.14. The Kier molecular flexibility index (Phi) is 4.29. The molecule has 1 amide bonds. The van der Waals surface area contributed by atoms with Gasteiger partial charge in [-0.15, -0.1) is 0 Å². The van der Waals surface area contributed by atoms with Crippen LogP contribution in [0, 0.1) is 11.6 Å². The van der Waals surface area contributed by atoms with Crippen LogP contribution in [0.15, 0.2) is 30.6 Å². The van der Waals surface area contributed by atoms with Crippen molar-refractivity contribution in [2.45, 2.75) is 13.1 Å². The Hall–Kier alpha value is -2.44. The minimum atomic E-state index is -0.487. The average Bonchev–Trinajstić information content (AvgIpc) is 2.87. The van der Waals surface area contributed by atoms with Gasteiger partial charge in [-0.3, -0.25) is 9.48 Å². The van der Waals surface area contributed by atoms with E-state index in [1.165, 1.54) is 17.9 Å². The van der Waals surface area contributed by atoms with E-state index in [4.69, 9.17) is 0 Å². The van der Waals surface area contributed by atoms with Crippen molar-refractivity contribution in [2.24, 2.45) is 0 Å². The van der Waals surface area contributed by atoms with E-state index in [0.29, 0.717) is 5.69 Å². The van der Waals surface area contributed by atoms with Crippen LogP contribution < -0.4 is 10.6 Å². The van der Waals surface area contributed by atoms with E-state index in [0.717, 1.165) is 18.2 Å². The molecule has 2 aromatic rings. The predicted octanol–water partition coefficient (Wildman–Crippen LogP) is 1.52. The third-order valence-corrected chi connectivity index (χ3v) is 2.71. The quantitative estimate of drug-likeness (QED) is 0.873. The van der Waals surface area contributed by atoms with Crippen molar-refractivity contribution in [2.75, 3.05) is 12.4 Å². The zero-order chi connectivity index (χ0) is 14.5. The van der Waals surface area contributed by atoms with Crippen molar-refractivity contribution in [3.05, 3.63) is 47.8 Å². The minimum absolute atomic E-state index is 0.104. The van der Waals surface area contributed by atoms with Crippen LogP contribution in [0.2, 0.25) is 0 Å². The first-order valence-electron chi connectivity index (χ1n) is 5.99. The number of likely N-dealkylation sites (N-methyl/N-ethyl adjacent to an activating group) is 1. The molecule has 1 aromatic carbocycles. The van der Waals surface area contributed by atoms with Crippen LogP contribution in [0.4, 0.5) is 14.5 Å². The highest BCUT2D eigenvalue weighted by molar-refractivity contribution is 5.75. The number of hydrogen-bond donors (Lipinski definition) is 2. The highest BCUT2D eigenvalue weighted by Crippen LogP contribution is 2.12. The van der Waals surface area contributed by atoms with Gasteiger partial charge >= 0.3 is 0 Å².